The maximum absolute atomic E-state index is 12.6. The van der Waals surface area contributed by atoms with Gasteiger partial charge >= 0.3 is 0 Å². The summed E-state index contributed by atoms with van der Waals surface area (Å²) in [4.78, 5) is 12.6. The lowest BCUT2D eigenvalue weighted by atomic mass is 9.93. The highest BCUT2D eigenvalue weighted by Gasteiger charge is 2.18. The second kappa shape index (κ2) is 7.52. The molecule has 2 aromatic rings. The van der Waals surface area contributed by atoms with Gasteiger partial charge in [0.1, 0.15) is 5.75 Å². The molecular formula is C21H27NO2. The van der Waals surface area contributed by atoms with Crippen molar-refractivity contribution in [3.63, 3.8) is 0 Å². The molecule has 0 bridgehead atoms. The summed E-state index contributed by atoms with van der Waals surface area (Å²) < 4.78 is 5.50. The van der Waals surface area contributed by atoms with E-state index < -0.39 is 0 Å². The molecule has 0 saturated heterocycles. The molecule has 2 aromatic carbocycles. The van der Waals surface area contributed by atoms with Gasteiger partial charge in [-0.1, -0.05) is 32.0 Å². The highest BCUT2D eigenvalue weighted by Crippen LogP contribution is 2.32. The fraction of sp³-hybridized carbons (Fsp3) is 0.381. The minimum absolute atomic E-state index is 0.0399. The van der Waals surface area contributed by atoms with Gasteiger partial charge < -0.3 is 10.1 Å². The maximum atomic E-state index is 12.6. The van der Waals surface area contributed by atoms with Crippen LogP contribution in [0.1, 0.15) is 65.3 Å². The Balaban J connectivity index is 2.29. The van der Waals surface area contributed by atoms with Gasteiger partial charge in [-0.3, -0.25) is 4.79 Å². The quantitative estimate of drug-likeness (QED) is 0.847. The van der Waals surface area contributed by atoms with Crippen LogP contribution in [0, 0.1) is 13.8 Å². The Kier molecular flexibility index (Phi) is 5.66. The van der Waals surface area contributed by atoms with E-state index in [-0.39, 0.29) is 11.9 Å². The molecule has 0 radical (unpaired) electrons. The highest BCUT2D eigenvalue weighted by atomic mass is 16.5. The van der Waals surface area contributed by atoms with Crippen molar-refractivity contribution in [3.05, 3.63) is 64.2 Å². The van der Waals surface area contributed by atoms with Crippen LogP contribution in [0.3, 0.4) is 0 Å². The average molecular weight is 325 g/mol. The molecular weight excluding hydrogens is 298 g/mol. The Morgan fingerprint density at radius 1 is 1.00 bits per heavy atom. The molecule has 1 N–H and O–H groups in total. The van der Waals surface area contributed by atoms with Crippen LogP contribution >= 0.6 is 0 Å². The van der Waals surface area contributed by atoms with Crippen LogP contribution in [0.25, 0.3) is 0 Å². The van der Waals surface area contributed by atoms with Crippen molar-refractivity contribution in [1.82, 2.24) is 5.32 Å². The number of ether oxygens (including phenoxy) is 1. The lowest BCUT2D eigenvalue weighted by molar-refractivity contribution is 0.0939. The van der Waals surface area contributed by atoms with E-state index in [2.05, 4.69) is 38.2 Å². The first-order valence-electron chi connectivity index (χ1n) is 8.40. The summed E-state index contributed by atoms with van der Waals surface area (Å²) >= 11 is 0. The Bertz CT molecular complexity index is 735. The van der Waals surface area contributed by atoms with Crippen molar-refractivity contribution >= 4 is 5.91 Å². The molecule has 0 fully saturated rings. The van der Waals surface area contributed by atoms with Crippen LogP contribution < -0.4 is 10.1 Å². The van der Waals surface area contributed by atoms with E-state index in [0.29, 0.717) is 5.92 Å². The first kappa shape index (κ1) is 18.1. The second-order valence-corrected chi connectivity index (χ2v) is 6.62. The molecule has 0 aliphatic rings. The molecule has 3 nitrogen and oxygen atoms in total. The van der Waals surface area contributed by atoms with Crippen molar-refractivity contribution in [2.45, 2.75) is 46.6 Å². The third kappa shape index (κ3) is 3.78. The fourth-order valence-electron chi connectivity index (χ4n) is 2.99. The number of hydrogen-bond acceptors (Lipinski definition) is 2. The zero-order chi connectivity index (χ0) is 17.9. The second-order valence-electron chi connectivity index (χ2n) is 6.62. The van der Waals surface area contributed by atoms with E-state index in [1.807, 2.05) is 38.1 Å². The first-order valence-corrected chi connectivity index (χ1v) is 8.40. The monoisotopic (exact) mass is 325 g/mol. The van der Waals surface area contributed by atoms with E-state index in [4.69, 9.17) is 4.74 Å². The van der Waals surface area contributed by atoms with Crippen LogP contribution in [-0.4, -0.2) is 13.0 Å². The molecule has 24 heavy (non-hydrogen) atoms. The number of carbonyl (C=O) groups is 1. The molecule has 0 aromatic heterocycles. The van der Waals surface area contributed by atoms with Crippen LogP contribution in [0.5, 0.6) is 5.75 Å². The van der Waals surface area contributed by atoms with E-state index in [0.717, 1.165) is 33.6 Å². The minimum atomic E-state index is -0.0690. The Morgan fingerprint density at radius 3 is 2.25 bits per heavy atom. The third-order valence-electron chi connectivity index (χ3n) is 4.44. The summed E-state index contributed by atoms with van der Waals surface area (Å²) in [5.74, 6) is 1.23. The number of aryl methyl sites for hydroxylation is 2. The molecule has 2 rings (SSSR count). The van der Waals surface area contributed by atoms with Gasteiger partial charge in [-0.05, 0) is 67.1 Å². The summed E-state index contributed by atoms with van der Waals surface area (Å²) in [6.45, 7) is 10.3. The third-order valence-corrected chi connectivity index (χ3v) is 4.44. The van der Waals surface area contributed by atoms with Crippen molar-refractivity contribution < 1.29 is 9.53 Å². The minimum Gasteiger partial charge on any atom is -0.496 e. The predicted octanol–water partition coefficient (Wildman–Crippen LogP) is 4.93. The predicted molar refractivity (Wildman–Crippen MR) is 98.9 cm³/mol. The van der Waals surface area contributed by atoms with Gasteiger partial charge in [0.05, 0.1) is 13.2 Å². The standard InChI is InChI=1S/C21H27NO2/c1-13(2)18-12-19(15(4)11-20(18)24-6)16(5)22-21(23)17-10-8-7-9-14(17)3/h7-13,16H,1-6H3,(H,22,23)/t16-/m1/s1. The molecule has 128 valence electrons. The number of rotatable bonds is 5. The summed E-state index contributed by atoms with van der Waals surface area (Å²) in [7, 11) is 1.70. The van der Waals surface area contributed by atoms with Gasteiger partial charge in [-0.2, -0.15) is 0 Å². The van der Waals surface area contributed by atoms with Gasteiger partial charge in [0.15, 0.2) is 0 Å². The lowest BCUT2D eigenvalue weighted by Crippen LogP contribution is -2.27. The zero-order valence-corrected chi connectivity index (χ0v) is 15.4. The summed E-state index contributed by atoms with van der Waals surface area (Å²) in [5, 5.41) is 3.12. The number of carbonyl (C=O) groups excluding carboxylic acids is 1. The lowest BCUT2D eigenvalue weighted by Gasteiger charge is -2.21. The number of nitrogens with one attached hydrogen (secondary N) is 1. The van der Waals surface area contributed by atoms with Gasteiger partial charge in [-0.25, -0.2) is 0 Å². The van der Waals surface area contributed by atoms with E-state index in [9.17, 15) is 4.79 Å². The Morgan fingerprint density at radius 2 is 1.67 bits per heavy atom. The van der Waals surface area contributed by atoms with E-state index >= 15 is 0 Å². The molecule has 0 spiro atoms. The normalized spacial score (nSPS) is 12.1. The zero-order valence-electron chi connectivity index (χ0n) is 15.4. The molecule has 1 amide bonds. The maximum Gasteiger partial charge on any atom is 0.252 e. The average Bonchev–Trinajstić information content (AvgIpc) is 2.54. The fourth-order valence-corrected chi connectivity index (χ4v) is 2.99. The molecule has 0 saturated carbocycles. The molecule has 0 heterocycles. The van der Waals surface area contributed by atoms with Gasteiger partial charge in [0.25, 0.3) is 5.91 Å². The van der Waals surface area contributed by atoms with Crippen LogP contribution in [0.15, 0.2) is 36.4 Å². The van der Waals surface area contributed by atoms with Gasteiger partial charge in [-0.15, -0.1) is 0 Å². The summed E-state index contributed by atoms with van der Waals surface area (Å²) in [6.07, 6.45) is 0. The van der Waals surface area contributed by atoms with Crippen LogP contribution in [0.2, 0.25) is 0 Å². The molecule has 3 heteroatoms. The van der Waals surface area contributed by atoms with Gasteiger partial charge in [0, 0.05) is 5.56 Å². The summed E-state index contributed by atoms with van der Waals surface area (Å²) in [5.41, 5.74) is 5.11. The molecule has 0 unspecified atom stereocenters. The van der Waals surface area contributed by atoms with Crippen molar-refractivity contribution in [2.24, 2.45) is 0 Å². The van der Waals surface area contributed by atoms with E-state index in [1.54, 1.807) is 7.11 Å². The molecule has 0 aliphatic heterocycles. The highest BCUT2D eigenvalue weighted by molar-refractivity contribution is 5.95. The Labute approximate surface area is 145 Å². The molecule has 1 atom stereocenters. The number of methoxy groups -OCH3 is 1. The first-order chi connectivity index (χ1) is 11.3. The van der Waals surface area contributed by atoms with Crippen LogP contribution in [0.4, 0.5) is 0 Å². The number of amides is 1. The number of benzene rings is 2. The van der Waals surface area contributed by atoms with E-state index in [1.165, 1.54) is 0 Å². The molecule has 0 aliphatic carbocycles. The van der Waals surface area contributed by atoms with Crippen LogP contribution in [-0.2, 0) is 0 Å². The topological polar surface area (TPSA) is 38.3 Å². The van der Waals surface area contributed by atoms with Crippen molar-refractivity contribution in [2.75, 3.05) is 7.11 Å². The van der Waals surface area contributed by atoms with Crippen molar-refractivity contribution in [3.8, 4) is 5.75 Å². The largest absolute Gasteiger partial charge is 0.496 e. The van der Waals surface area contributed by atoms with Crippen molar-refractivity contribution in [1.29, 1.82) is 0 Å². The summed E-state index contributed by atoms with van der Waals surface area (Å²) in [6, 6.07) is 11.8. The van der Waals surface area contributed by atoms with Gasteiger partial charge in [0.2, 0.25) is 0 Å². The Hall–Kier alpha value is -2.29. The number of hydrogen-bond donors (Lipinski definition) is 1. The smallest absolute Gasteiger partial charge is 0.252 e. The SMILES string of the molecule is COc1cc(C)c([C@@H](C)NC(=O)c2ccccc2C)cc1C(C)C.